The average molecular weight is 533 g/mol. The third-order valence-corrected chi connectivity index (χ3v) is 5.82. The zero-order chi connectivity index (χ0) is 27.8. The molecule has 1 aliphatic rings. The fourth-order valence-corrected chi connectivity index (χ4v) is 3.90. The molecule has 1 aliphatic heterocycles. The minimum atomic E-state index is -0.813. The van der Waals surface area contributed by atoms with Crippen LogP contribution in [0.4, 0.5) is 9.18 Å². The van der Waals surface area contributed by atoms with E-state index in [0.29, 0.717) is 41.6 Å². The van der Waals surface area contributed by atoms with E-state index in [4.69, 9.17) is 14.2 Å². The fourth-order valence-electron chi connectivity index (χ4n) is 3.90. The van der Waals surface area contributed by atoms with Gasteiger partial charge in [-0.1, -0.05) is 43.3 Å². The summed E-state index contributed by atoms with van der Waals surface area (Å²) in [5.41, 5.74) is 1.64. The molecular formula is C30H29FN2O6. The van der Waals surface area contributed by atoms with Gasteiger partial charge in [0.25, 0.3) is 11.8 Å². The maximum Gasteiger partial charge on any atom is 0.331 e. The van der Waals surface area contributed by atoms with Crippen LogP contribution in [-0.4, -0.2) is 36.0 Å². The van der Waals surface area contributed by atoms with E-state index in [1.54, 1.807) is 54.6 Å². The van der Waals surface area contributed by atoms with Gasteiger partial charge in [0.05, 0.1) is 19.8 Å². The van der Waals surface area contributed by atoms with Crippen molar-refractivity contribution < 1.29 is 33.0 Å². The van der Waals surface area contributed by atoms with Gasteiger partial charge in [-0.05, 0) is 60.9 Å². The molecule has 1 fully saturated rings. The molecule has 3 aromatic rings. The Balaban J connectivity index is 1.56. The third-order valence-electron chi connectivity index (χ3n) is 5.82. The van der Waals surface area contributed by atoms with Crippen LogP contribution in [0.25, 0.3) is 6.08 Å². The summed E-state index contributed by atoms with van der Waals surface area (Å²) in [6.07, 6.45) is 2.23. The molecule has 0 aliphatic carbocycles. The van der Waals surface area contributed by atoms with Gasteiger partial charge in [0.2, 0.25) is 0 Å². The summed E-state index contributed by atoms with van der Waals surface area (Å²) >= 11 is 0. The van der Waals surface area contributed by atoms with Gasteiger partial charge in [-0.2, -0.15) is 0 Å². The molecular weight excluding hydrogens is 503 g/mol. The molecule has 9 heteroatoms. The molecule has 1 heterocycles. The Kier molecular flexibility index (Phi) is 8.94. The molecule has 3 aromatic carbocycles. The molecule has 0 radical (unpaired) electrons. The summed E-state index contributed by atoms with van der Waals surface area (Å²) in [5, 5.41) is 2.24. The number of hydrogen-bond donors (Lipinski definition) is 1. The Morgan fingerprint density at radius 3 is 2.33 bits per heavy atom. The number of urea groups is 1. The van der Waals surface area contributed by atoms with E-state index < -0.39 is 17.8 Å². The van der Waals surface area contributed by atoms with Crippen LogP contribution in [0, 0.1) is 5.82 Å². The predicted octanol–water partition coefficient (Wildman–Crippen LogP) is 5.25. The first kappa shape index (κ1) is 27.4. The highest BCUT2D eigenvalue weighted by atomic mass is 19.1. The summed E-state index contributed by atoms with van der Waals surface area (Å²) in [4.78, 5) is 39.6. The second kappa shape index (κ2) is 12.7. The van der Waals surface area contributed by atoms with Gasteiger partial charge in [0, 0.05) is 5.56 Å². The van der Waals surface area contributed by atoms with Crippen molar-refractivity contribution in [2.75, 3.05) is 13.2 Å². The SMILES string of the molecule is CCCOc1ccc(CN2C(=O)NC(=O)/C(=C\c3ccccc3OCc3ccc(F)cc3)C2=O)cc1OCC. The van der Waals surface area contributed by atoms with Crippen LogP contribution in [0.3, 0.4) is 0 Å². The van der Waals surface area contributed by atoms with Crippen LogP contribution in [0.2, 0.25) is 0 Å². The lowest BCUT2D eigenvalue weighted by Gasteiger charge is -2.27. The number of para-hydroxylation sites is 1. The number of carbonyl (C=O) groups excluding carboxylic acids is 3. The number of nitrogens with one attached hydrogen (secondary N) is 1. The molecule has 0 atom stereocenters. The normalized spacial score (nSPS) is 14.4. The predicted molar refractivity (Wildman–Crippen MR) is 143 cm³/mol. The molecule has 1 N–H and O–H groups in total. The van der Waals surface area contributed by atoms with E-state index in [-0.39, 0.29) is 24.5 Å². The van der Waals surface area contributed by atoms with Gasteiger partial charge in [-0.25, -0.2) is 9.18 Å². The van der Waals surface area contributed by atoms with Crippen molar-refractivity contribution in [2.24, 2.45) is 0 Å². The topological polar surface area (TPSA) is 94.2 Å². The van der Waals surface area contributed by atoms with Gasteiger partial charge >= 0.3 is 6.03 Å². The highest BCUT2D eigenvalue weighted by molar-refractivity contribution is 6.31. The van der Waals surface area contributed by atoms with E-state index in [9.17, 15) is 18.8 Å². The fraction of sp³-hybridized carbons (Fsp3) is 0.233. The molecule has 39 heavy (non-hydrogen) atoms. The number of rotatable bonds is 11. The van der Waals surface area contributed by atoms with Crippen molar-refractivity contribution in [3.05, 3.63) is 94.8 Å². The highest BCUT2D eigenvalue weighted by Crippen LogP contribution is 2.30. The van der Waals surface area contributed by atoms with Crippen LogP contribution in [0.1, 0.15) is 37.0 Å². The number of benzene rings is 3. The van der Waals surface area contributed by atoms with Crippen LogP contribution >= 0.6 is 0 Å². The van der Waals surface area contributed by atoms with Crippen molar-refractivity contribution in [1.82, 2.24) is 10.2 Å². The molecule has 8 nitrogen and oxygen atoms in total. The van der Waals surface area contributed by atoms with Gasteiger partial charge in [-0.15, -0.1) is 0 Å². The standard InChI is InChI=1S/C30H29FN2O6/c1-3-15-38-26-14-11-21(16-27(26)37-4-2)18-33-29(35)24(28(34)32-30(33)36)17-22-7-5-6-8-25(22)39-19-20-9-12-23(31)13-10-20/h5-14,16-17H,3-4,15,18-19H2,1-2H3,(H,32,34,36)/b24-17+. The molecule has 0 spiro atoms. The lowest BCUT2D eigenvalue weighted by molar-refractivity contribution is -0.130. The zero-order valence-electron chi connectivity index (χ0n) is 21.7. The first-order valence-electron chi connectivity index (χ1n) is 12.6. The van der Waals surface area contributed by atoms with Crippen molar-refractivity contribution in [3.8, 4) is 17.2 Å². The molecule has 0 bridgehead atoms. The lowest BCUT2D eigenvalue weighted by Crippen LogP contribution is -2.53. The second-order valence-corrected chi connectivity index (χ2v) is 8.72. The smallest absolute Gasteiger partial charge is 0.331 e. The monoisotopic (exact) mass is 532 g/mol. The van der Waals surface area contributed by atoms with Crippen LogP contribution in [0.5, 0.6) is 17.2 Å². The molecule has 0 aromatic heterocycles. The van der Waals surface area contributed by atoms with Crippen molar-refractivity contribution in [3.63, 3.8) is 0 Å². The van der Waals surface area contributed by atoms with Gasteiger partial charge in [-0.3, -0.25) is 19.8 Å². The van der Waals surface area contributed by atoms with Crippen molar-refractivity contribution in [2.45, 2.75) is 33.4 Å². The largest absolute Gasteiger partial charge is 0.490 e. The van der Waals surface area contributed by atoms with Gasteiger partial charge in [0.15, 0.2) is 11.5 Å². The Morgan fingerprint density at radius 1 is 0.846 bits per heavy atom. The molecule has 0 saturated carbocycles. The zero-order valence-corrected chi connectivity index (χ0v) is 21.7. The Bertz CT molecular complexity index is 1390. The summed E-state index contributed by atoms with van der Waals surface area (Å²) in [5.74, 6) is -0.381. The molecule has 4 rings (SSSR count). The van der Waals surface area contributed by atoms with Gasteiger partial charge in [0.1, 0.15) is 23.7 Å². The minimum Gasteiger partial charge on any atom is -0.490 e. The van der Waals surface area contributed by atoms with Gasteiger partial charge < -0.3 is 14.2 Å². The number of nitrogens with zero attached hydrogens (tertiary/aromatic N) is 1. The maximum atomic E-state index is 13.3. The lowest BCUT2D eigenvalue weighted by atomic mass is 10.1. The Hall–Kier alpha value is -4.66. The summed E-state index contributed by atoms with van der Waals surface area (Å²) in [7, 11) is 0. The van der Waals surface area contributed by atoms with Crippen molar-refractivity contribution >= 4 is 23.9 Å². The first-order valence-corrected chi connectivity index (χ1v) is 12.6. The summed E-state index contributed by atoms with van der Waals surface area (Å²) in [6, 6.07) is 17.2. The number of amides is 4. The number of barbiturate groups is 1. The number of hydrogen-bond acceptors (Lipinski definition) is 6. The van der Waals surface area contributed by atoms with Crippen molar-refractivity contribution in [1.29, 1.82) is 0 Å². The van der Waals surface area contributed by atoms with E-state index in [1.807, 2.05) is 13.8 Å². The van der Waals surface area contributed by atoms with E-state index in [0.717, 1.165) is 16.9 Å². The van der Waals surface area contributed by atoms with Crippen LogP contribution in [0.15, 0.2) is 72.3 Å². The average Bonchev–Trinajstić information content (AvgIpc) is 2.93. The summed E-state index contributed by atoms with van der Waals surface area (Å²) < 4.78 is 30.5. The molecule has 4 amide bonds. The Morgan fingerprint density at radius 2 is 1.59 bits per heavy atom. The number of imide groups is 2. The third kappa shape index (κ3) is 6.81. The number of ether oxygens (including phenoxy) is 3. The van der Waals surface area contributed by atoms with Crippen LogP contribution < -0.4 is 19.5 Å². The maximum absolute atomic E-state index is 13.3. The van der Waals surface area contributed by atoms with E-state index in [1.165, 1.54) is 18.2 Å². The van der Waals surface area contributed by atoms with E-state index in [2.05, 4.69) is 5.32 Å². The number of halogens is 1. The second-order valence-electron chi connectivity index (χ2n) is 8.72. The van der Waals surface area contributed by atoms with E-state index >= 15 is 0 Å². The molecule has 202 valence electrons. The minimum absolute atomic E-state index is 0.0772. The number of carbonyl (C=O) groups is 3. The highest BCUT2D eigenvalue weighted by Gasteiger charge is 2.36. The van der Waals surface area contributed by atoms with Crippen LogP contribution in [-0.2, 0) is 22.7 Å². The first-order chi connectivity index (χ1) is 18.9. The molecule has 0 unspecified atom stereocenters. The quantitative estimate of drug-likeness (QED) is 0.268. The summed E-state index contributed by atoms with van der Waals surface area (Å²) in [6.45, 7) is 4.87. The Labute approximate surface area is 226 Å². The molecule has 1 saturated heterocycles.